The number of anilines is 1. The van der Waals surface area contributed by atoms with Gasteiger partial charge in [-0.15, -0.1) is 5.10 Å². The van der Waals surface area contributed by atoms with Crippen LogP contribution >= 0.6 is 0 Å². The molecule has 0 aliphatic heterocycles. The Kier molecular flexibility index (Phi) is 3.90. The molecule has 1 atom stereocenters. The van der Waals surface area contributed by atoms with Crippen molar-refractivity contribution in [1.29, 1.82) is 0 Å². The summed E-state index contributed by atoms with van der Waals surface area (Å²) >= 11 is 0. The van der Waals surface area contributed by atoms with Crippen molar-refractivity contribution >= 4 is 5.82 Å². The van der Waals surface area contributed by atoms with Crippen molar-refractivity contribution in [3.8, 4) is 0 Å². The quantitative estimate of drug-likeness (QED) is 0.925. The molecule has 0 radical (unpaired) electrons. The first kappa shape index (κ1) is 13.0. The summed E-state index contributed by atoms with van der Waals surface area (Å²) in [5.74, 6) is 1.15. The number of fused-ring (bicyclic) bond motifs is 1. The zero-order valence-corrected chi connectivity index (χ0v) is 11.8. The van der Waals surface area contributed by atoms with E-state index in [1.807, 2.05) is 18.3 Å². The van der Waals surface area contributed by atoms with Gasteiger partial charge >= 0.3 is 0 Å². The SMILES string of the molecule is CCCNc1ccc(C2CCCc3cccnc32)nn1. The minimum Gasteiger partial charge on any atom is -0.369 e. The molecule has 0 amide bonds. The van der Waals surface area contributed by atoms with Crippen molar-refractivity contribution in [2.45, 2.75) is 38.5 Å². The summed E-state index contributed by atoms with van der Waals surface area (Å²) in [7, 11) is 0. The van der Waals surface area contributed by atoms with E-state index in [4.69, 9.17) is 0 Å². The second-order valence-corrected chi connectivity index (χ2v) is 5.26. The Bertz CT molecular complexity index is 565. The van der Waals surface area contributed by atoms with E-state index < -0.39 is 0 Å². The number of hydrogen-bond acceptors (Lipinski definition) is 4. The Hall–Kier alpha value is -1.97. The van der Waals surface area contributed by atoms with Gasteiger partial charge in [0.05, 0.1) is 11.4 Å². The first-order chi connectivity index (χ1) is 9.88. The molecule has 0 bridgehead atoms. The molecule has 104 valence electrons. The Morgan fingerprint density at radius 3 is 3.00 bits per heavy atom. The molecule has 20 heavy (non-hydrogen) atoms. The van der Waals surface area contributed by atoms with Crippen molar-refractivity contribution < 1.29 is 0 Å². The molecular weight excluding hydrogens is 248 g/mol. The van der Waals surface area contributed by atoms with E-state index in [-0.39, 0.29) is 0 Å². The third-order valence-electron chi connectivity index (χ3n) is 3.79. The van der Waals surface area contributed by atoms with Crippen LogP contribution in [0.3, 0.4) is 0 Å². The van der Waals surface area contributed by atoms with Crippen molar-refractivity contribution in [2.24, 2.45) is 0 Å². The number of rotatable bonds is 4. The lowest BCUT2D eigenvalue weighted by molar-refractivity contribution is 0.582. The van der Waals surface area contributed by atoms with Crippen molar-refractivity contribution in [3.63, 3.8) is 0 Å². The topological polar surface area (TPSA) is 50.7 Å². The fourth-order valence-electron chi connectivity index (χ4n) is 2.77. The fraction of sp³-hybridized carbons (Fsp3) is 0.438. The Morgan fingerprint density at radius 1 is 1.25 bits per heavy atom. The fourth-order valence-corrected chi connectivity index (χ4v) is 2.77. The Morgan fingerprint density at radius 2 is 2.20 bits per heavy atom. The second-order valence-electron chi connectivity index (χ2n) is 5.26. The molecule has 1 aliphatic carbocycles. The highest BCUT2D eigenvalue weighted by Crippen LogP contribution is 2.33. The molecule has 2 heterocycles. The van der Waals surface area contributed by atoms with E-state index in [9.17, 15) is 0 Å². The van der Waals surface area contributed by atoms with Crippen molar-refractivity contribution in [2.75, 3.05) is 11.9 Å². The number of hydrogen-bond donors (Lipinski definition) is 1. The zero-order valence-electron chi connectivity index (χ0n) is 11.8. The molecular formula is C16H20N4. The van der Waals surface area contributed by atoms with Gasteiger partial charge in [0.15, 0.2) is 0 Å². The summed E-state index contributed by atoms with van der Waals surface area (Å²) in [6, 6.07) is 8.30. The van der Waals surface area contributed by atoms with Gasteiger partial charge in [-0.05, 0) is 49.4 Å². The molecule has 0 saturated heterocycles. The van der Waals surface area contributed by atoms with Gasteiger partial charge in [0.25, 0.3) is 0 Å². The highest BCUT2D eigenvalue weighted by molar-refractivity contribution is 5.37. The minimum absolute atomic E-state index is 0.299. The monoisotopic (exact) mass is 268 g/mol. The smallest absolute Gasteiger partial charge is 0.148 e. The molecule has 0 spiro atoms. The van der Waals surface area contributed by atoms with Crippen LogP contribution in [0.5, 0.6) is 0 Å². The van der Waals surface area contributed by atoms with Gasteiger partial charge in [0.2, 0.25) is 0 Å². The van der Waals surface area contributed by atoms with Crippen molar-refractivity contribution in [1.82, 2.24) is 15.2 Å². The van der Waals surface area contributed by atoms with Crippen LogP contribution in [0.25, 0.3) is 0 Å². The molecule has 4 nitrogen and oxygen atoms in total. The van der Waals surface area contributed by atoms with Gasteiger partial charge in [-0.25, -0.2) is 0 Å². The van der Waals surface area contributed by atoms with Crippen LogP contribution in [-0.2, 0) is 6.42 Å². The maximum atomic E-state index is 4.57. The van der Waals surface area contributed by atoms with E-state index in [2.05, 4.69) is 39.6 Å². The summed E-state index contributed by atoms with van der Waals surface area (Å²) < 4.78 is 0. The maximum absolute atomic E-state index is 4.57. The van der Waals surface area contributed by atoms with Gasteiger partial charge in [0.1, 0.15) is 5.82 Å². The van der Waals surface area contributed by atoms with Crippen LogP contribution in [0.1, 0.15) is 49.1 Å². The van der Waals surface area contributed by atoms with E-state index in [0.29, 0.717) is 5.92 Å². The summed E-state index contributed by atoms with van der Waals surface area (Å²) in [4.78, 5) is 4.57. The lowest BCUT2D eigenvalue weighted by atomic mass is 9.84. The Balaban J connectivity index is 1.83. The maximum Gasteiger partial charge on any atom is 0.148 e. The zero-order chi connectivity index (χ0) is 13.8. The average molecular weight is 268 g/mol. The first-order valence-electron chi connectivity index (χ1n) is 7.39. The second kappa shape index (κ2) is 5.99. The summed E-state index contributed by atoms with van der Waals surface area (Å²) in [6.45, 7) is 3.07. The van der Waals surface area contributed by atoms with Gasteiger partial charge in [-0.3, -0.25) is 4.98 Å². The summed E-state index contributed by atoms with van der Waals surface area (Å²) in [5.41, 5.74) is 3.58. The highest BCUT2D eigenvalue weighted by atomic mass is 15.2. The summed E-state index contributed by atoms with van der Waals surface area (Å²) in [6.07, 6.45) is 6.40. The van der Waals surface area contributed by atoms with E-state index in [1.165, 1.54) is 17.7 Å². The number of pyridine rings is 1. The molecule has 3 rings (SSSR count). The lowest BCUT2D eigenvalue weighted by Crippen LogP contribution is -2.15. The molecule has 0 aromatic carbocycles. The minimum atomic E-state index is 0.299. The van der Waals surface area contributed by atoms with Crippen molar-refractivity contribution in [3.05, 3.63) is 47.4 Å². The van der Waals surface area contributed by atoms with Gasteiger partial charge in [-0.1, -0.05) is 13.0 Å². The number of aryl methyl sites for hydroxylation is 1. The molecule has 1 N–H and O–H groups in total. The molecule has 1 aliphatic rings. The normalized spacial score (nSPS) is 17.6. The van der Waals surface area contributed by atoms with Crippen LogP contribution in [0.2, 0.25) is 0 Å². The average Bonchev–Trinajstić information content (AvgIpc) is 2.53. The lowest BCUT2D eigenvalue weighted by Gasteiger charge is -2.23. The third kappa shape index (κ3) is 2.64. The largest absolute Gasteiger partial charge is 0.369 e. The molecule has 2 aromatic rings. The molecule has 0 fully saturated rings. The van der Waals surface area contributed by atoms with E-state index in [1.54, 1.807) is 0 Å². The number of aromatic nitrogens is 3. The van der Waals surface area contributed by atoms with E-state index >= 15 is 0 Å². The molecule has 2 aromatic heterocycles. The third-order valence-corrected chi connectivity index (χ3v) is 3.79. The summed E-state index contributed by atoms with van der Waals surface area (Å²) in [5, 5.41) is 11.9. The predicted octanol–water partition coefficient (Wildman–Crippen LogP) is 3.16. The van der Waals surface area contributed by atoms with Crippen LogP contribution in [0.15, 0.2) is 30.5 Å². The predicted molar refractivity (Wildman–Crippen MR) is 79.8 cm³/mol. The van der Waals surface area contributed by atoms with E-state index in [0.717, 1.165) is 37.3 Å². The van der Waals surface area contributed by atoms with Crippen LogP contribution in [0, 0.1) is 0 Å². The van der Waals surface area contributed by atoms with Gasteiger partial charge < -0.3 is 5.32 Å². The highest BCUT2D eigenvalue weighted by Gasteiger charge is 2.24. The van der Waals surface area contributed by atoms with Crippen LogP contribution < -0.4 is 5.32 Å². The standard InChI is InChI=1S/C16H20N4/c1-2-10-17-15-9-8-14(19-20-15)13-7-3-5-12-6-4-11-18-16(12)13/h4,6,8-9,11,13H,2-3,5,7,10H2,1H3,(H,17,20). The molecule has 0 saturated carbocycles. The number of nitrogens with one attached hydrogen (secondary N) is 1. The van der Waals surface area contributed by atoms with Gasteiger partial charge in [0, 0.05) is 18.7 Å². The first-order valence-corrected chi connectivity index (χ1v) is 7.39. The molecule has 4 heteroatoms. The van der Waals surface area contributed by atoms with Crippen LogP contribution in [-0.4, -0.2) is 21.7 Å². The Labute approximate surface area is 119 Å². The van der Waals surface area contributed by atoms with Crippen LogP contribution in [0.4, 0.5) is 5.82 Å². The number of nitrogens with zero attached hydrogens (tertiary/aromatic N) is 3. The molecule has 1 unspecified atom stereocenters. The van der Waals surface area contributed by atoms with Gasteiger partial charge in [-0.2, -0.15) is 5.10 Å².